The van der Waals surface area contributed by atoms with Crippen molar-refractivity contribution in [1.82, 2.24) is 19.7 Å². The first kappa shape index (κ1) is 25.5. The largest absolute Gasteiger partial charge is 0.396 e. The highest BCUT2D eigenvalue weighted by Gasteiger charge is 2.29. The van der Waals surface area contributed by atoms with Gasteiger partial charge in [0.1, 0.15) is 6.54 Å². The van der Waals surface area contributed by atoms with Gasteiger partial charge in [-0.05, 0) is 48.7 Å². The predicted molar refractivity (Wildman–Crippen MR) is 121 cm³/mol. The number of aromatic nitrogens is 3. The number of carbonyl (C=O) groups is 1. The summed E-state index contributed by atoms with van der Waals surface area (Å²) in [6, 6.07) is 13.0. The number of halogens is 4. The molecule has 1 heterocycles. The molecule has 3 aromatic rings. The van der Waals surface area contributed by atoms with Crippen LogP contribution in [0.2, 0.25) is 5.02 Å². The van der Waals surface area contributed by atoms with Crippen molar-refractivity contribution in [3.05, 3.63) is 75.2 Å². The van der Waals surface area contributed by atoms with Gasteiger partial charge in [0.15, 0.2) is 5.82 Å². The Morgan fingerprint density at radius 3 is 2.47 bits per heavy atom. The minimum absolute atomic E-state index is 0.00419. The minimum Gasteiger partial charge on any atom is -0.396 e. The SMILES string of the molecule is Cc1ccccc1C(CCO)NC(=O)Cn1nc(-c2ccc(Cl)cc2)n(CCC(F)(F)F)c1=O. The van der Waals surface area contributed by atoms with E-state index >= 15 is 0 Å². The molecule has 11 heteroatoms. The van der Waals surface area contributed by atoms with Crippen LogP contribution in [0, 0.1) is 6.92 Å². The number of hydrogen-bond acceptors (Lipinski definition) is 4. The van der Waals surface area contributed by atoms with Crippen LogP contribution in [0.15, 0.2) is 53.3 Å². The van der Waals surface area contributed by atoms with Gasteiger partial charge in [0.05, 0.1) is 12.5 Å². The highest BCUT2D eigenvalue weighted by Crippen LogP contribution is 2.24. The second kappa shape index (κ2) is 10.9. The van der Waals surface area contributed by atoms with E-state index in [0.717, 1.165) is 20.4 Å². The molecular formula is C23H24ClF3N4O3. The van der Waals surface area contributed by atoms with Gasteiger partial charge in [0.25, 0.3) is 0 Å². The number of amides is 1. The summed E-state index contributed by atoms with van der Waals surface area (Å²) >= 11 is 5.89. The van der Waals surface area contributed by atoms with Gasteiger partial charge in [-0.1, -0.05) is 35.9 Å². The molecule has 0 saturated heterocycles. The molecule has 1 unspecified atom stereocenters. The summed E-state index contributed by atoms with van der Waals surface area (Å²) < 4.78 is 40.3. The summed E-state index contributed by atoms with van der Waals surface area (Å²) in [6.07, 6.45) is -5.44. The summed E-state index contributed by atoms with van der Waals surface area (Å²) in [5.41, 5.74) is 1.29. The van der Waals surface area contributed by atoms with E-state index in [1.54, 1.807) is 0 Å². The summed E-state index contributed by atoms with van der Waals surface area (Å²) in [4.78, 5) is 25.6. The van der Waals surface area contributed by atoms with Crippen LogP contribution in [0.1, 0.15) is 30.0 Å². The smallest absolute Gasteiger partial charge is 0.390 e. The maximum absolute atomic E-state index is 12.9. The molecule has 1 amide bonds. The number of aliphatic hydroxyl groups is 1. The molecule has 0 saturated carbocycles. The highest BCUT2D eigenvalue weighted by molar-refractivity contribution is 6.30. The fourth-order valence-electron chi connectivity index (χ4n) is 3.58. The molecular weight excluding hydrogens is 473 g/mol. The molecule has 1 atom stereocenters. The molecule has 1 aromatic heterocycles. The second-order valence-corrected chi connectivity index (χ2v) is 8.21. The molecule has 0 spiro atoms. The number of alkyl halides is 3. The molecule has 2 aromatic carbocycles. The molecule has 0 bridgehead atoms. The van der Waals surface area contributed by atoms with Crippen molar-refractivity contribution in [2.45, 2.75) is 45.1 Å². The number of rotatable bonds is 9. The van der Waals surface area contributed by atoms with Gasteiger partial charge < -0.3 is 10.4 Å². The number of carbonyl (C=O) groups excluding carboxylic acids is 1. The molecule has 2 N–H and O–H groups in total. The minimum atomic E-state index is -4.47. The van der Waals surface area contributed by atoms with Crippen LogP contribution in [0.25, 0.3) is 11.4 Å². The number of nitrogens with zero attached hydrogens (tertiary/aromatic N) is 3. The zero-order valence-electron chi connectivity index (χ0n) is 18.3. The first-order valence-electron chi connectivity index (χ1n) is 10.5. The van der Waals surface area contributed by atoms with E-state index in [9.17, 15) is 27.9 Å². The van der Waals surface area contributed by atoms with E-state index < -0.39 is 43.3 Å². The van der Waals surface area contributed by atoms with Crippen molar-refractivity contribution in [2.75, 3.05) is 6.61 Å². The third-order valence-corrected chi connectivity index (χ3v) is 5.51. The Morgan fingerprint density at radius 1 is 1.18 bits per heavy atom. The fraction of sp³-hybridized carbons (Fsp3) is 0.348. The summed E-state index contributed by atoms with van der Waals surface area (Å²) in [5, 5.41) is 16.8. The molecule has 0 fully saturated rings. The third kappa shape index (κ3) is 6.48. The molecule has 34 heavy (non-hydrogen) atoms. The topological polar surface area (TPSA) is 89.2 Å². The van der Waals surface area contributed by atoms with Crippen molar-refractivity contribution in [1.29, 1.82) is 0 Å². The summed E-state index contributed by atoms with van der Waals surface area (Å²) in [7, 11) is 0. The number of aryl methyl sites for hydroxylation is 1. The zero-order chi connectivity index (χ0) is 24.9. The van der Waals surface area contributed by atoms with Gasteiger partial charge >= 0.3 is 11.9 Å². The van der Waals surface area contributed by atoms with Crippen LogP contribution in [0.4, 0.5) is 13.2 Å². The summed E-state index contributed by atoms with van der Waals surface area (Å²) in [5.74, 6) is -0.559. The van der Waals surface area contributed by atoms with Crippen LogP contribution in [-0.2, 0) is 17.9 Å². The van der Waals surface area contributed by atoms with Crippen LogP contribution in [0.5, 0.6) is 0 Å². The van der Waals surface area contributed by atoms with E-state index in [2.05, 4.69) is 10.4 Å². The van der Waals surface area contributed by atoms with E-state index in [0.29, 0.717) is 10.6 Å². The van der Waals surface area contributed by atoms with Crippen molar-refractivity contribution in [3.8, 4) is 11.4 Å². The van der Waals surface area contributed by atoms with Crippen LogP contribution in [0.3, 0.4) is 0 Å². The van der Waals surface area contributed by atoms with E-state index in [4.69, 9.17) is 11.6 Å². The lowest BCUT2D eigenvalue weighted by Crippen LogP contribution is -2.36. The molecule has 0 radical (unpaired) electrons. The van der Waals surface area contributed by atoms with Gasteiger partial charge in [-0.15, -0.1) is 5.10 Å². The standard InChI is InChI=1S/C23H24ClF3N4O3/c1-15-4-2-3-5-18(15)19(10-13-32)28-20(33)14-31-22(34)30(12-11-23(25,26)27)21(29-31)16-6-8-17(24)9-7-16/h2-9,19,32H,10-14H2,1H3,(H,28,33). The first-order chi connectivity index (χ1) is 16.1. The Bertz CT molecular complexity index is 1190. The van der Waals surface area contributed by atoms with E-state index in [1.165, 1.54) is 24.3 Å². The average Bonchev–Trinajstić information content (AvgIpc) is 3.07. The van der Waals surface area contributed by atoms with Crippen LogP contribution >= 0.6 is 11.6 Å². The predicted octanol–water partition coefficient (Wildman–Crippen LogP) is 3.87. The number of nitrogens with one attached hydrogen (secondary N) is 1. The Morgan fingerprint density at radius 2 is 1.85 bits per heavy atom. The number of benzene rings is 2. The average molecular weight is 497 g/mol. The molecule has 0 aliphatic carbocycles. The molecule has 182 valence electrons. The van der Waals surface area contributed by atoms with Crippen LogP contribution < -0.4 is 11.0 Å². The molecule has 7 nitrogen and oxygen atoms in total. The van der Waals surface area contributed by atoms with Gasteiger partial charge in [-0.3, -0.25) is 9.36 Å². The van der Waals surface area contributed by atoms with E-state index in [-0.39, 0.29) is 18.9 Å². The Labute approximate surface area is 198 Å². The number of hydrogen-bond donors (Lipinski definition) is 2. The summed E-state index contributed by atoms with van der Waals surface area (Å²) in [6.45, 7) is 0.563. The van der Waals surface area contributed by atoms with E-state index in [1.807, 2.05) is 31.2 Å². The molecule has 3 rings (SSSR count). The third-order valence-electron chi connectivity index (χ3n) is 5.25. The Hall–Kier alpha value is -3.11. The maximum atomic E-state index is 12.9. The number of aliphatic hydroxyl groups excluding tert-OH is 1. The first-order valence-corrected chi connectivity index (χ1v) is 10.9. The van der Waals surface area contributed by atoms with Crippen molar-refractivity contribution < 1.29 is 23.1 Å². The Balaban J connectivity index is 1.88. The van der Waals surface area contributed by atoms with Crippen molar-refractivity contribution in [3.63, 3.8) is 0 Å². The lowest BCUT2D eigenvalue weighted by Gasteiger charge is -2.20. The highest BCUT2D eigenvalue weighted by atomic mass is 35.5. The van der Waals surface area contributed by atoms with Crippen LogP contribution in [-0.4, -0.2) is 38.1 Å². The van der Waals surface area contributed by atoms with Gasteiger partial charge in [0, 0.05) is 23.7 Å². The normalized spacial score (nSPS) is 12.5. The molecule has 0 aliphatic rings. The second-order valence-electron chi connectivity index (χ2n) is 7.78. The maximum Gasteiger partial charge on any atom is 0.390 e. The van der Waals surface area contributed by atoms with Gasteiger partial charge in [0.2, 0.25) is 5.91 Å². The monoisotopic (exact) mass is 496 g/mol. The fourth-order valence-corrected chi connectivity index (χ4v) is 3.71. The van der Waals surface area contributed by atoms with Gasteiger partial charge in [-0.25, -0.2) is 9.48 Å². The Kier molecular flexibility index (Phi) is 8.16. The molecule has 0 aliphatic heterocycles. The zero-order valence-corrected chi connectivity index (χ0v) is 19.1. The lowest BCUT2D eigenvalue weighted by molar-refractivity contribution is -0.136. The lowest BCUT2D eigenvalue weighted by atomic mass is 9.99. The van der Waals surface area contributed by atoms with Crippen molar-refractivity contribution in [2.24, 2.45) is 0 Å². The quantitative estimate of drug-likeness (QED) is 0.471. The van der Waals surface area contributed by atoms with Gasteiger partial charge in [-0.2, -0.15) is 13.2 Å². The van der Waals surface area contributed by atoms with Crippen molar-refractivity contribution >= 4 is 17.5 Å².